The molecule has 2 nitrogen and oxygen atoms in total. The van der Waals surface area contributed by atoms with Gasteiger partial charge < -0.3 is 9.84 Å². The lowest BCUT2D eigenvalue weighted by Crippen LogP contribution is -2.30. The molecule has 0 radical (unpaired) electrons. The molecule has 0 spiro atoms. The lowest BCUT2D eigenvalue weighted by Gasteiger charge is -2.25. The average molecular weight is 220 g/mol. The summed E-state index contributed by atoms with van der Waals surface area (Å²) in [5.74, 6) is 8.53. The molecule has 1 aromatic rings. The van der Waals surface area contributed by atoms with Crippen LogP contribution in [0.5, 0.6) is 5.75 Å². The summed E-state index contributed by atoms with van der Waals surface area (Å²) < 4.78 is 5.69. The maximum absolute atomic E-state index is 8.54. The van der Waals surface area contributed by atoms with E-state index in [4.69, 9.17) is 9.84 Å². The third kappa shape index (κ3) is 2.92. The third-order valence-corrected chi connectivity index (χ3v) is 3.29. The summed E-state index contributed by atoms with van der Waals surface area (Å²) in [7, 11) is 0. The highest BCUT2D eigenvalue weighted by molar-refractivity contribution is 8.00. The summed E-state index contributed by atoms with van der Waals surface area (Å²) in [6.07, 6.45) is 0.379. The van der Waals surface area contributed by atoms with Crippen LogP contribution in [-0.2, 0) is 0 Å². The average Bonchev–Trinajstić information content (AvgIpc) is 2.22. The highest BCUT2D eigenvalue weighted by atomic mass is 32.2. The number of hydrogen-bond donors (Lipinski definition) is 1. The molecule has 3 heteroatoms. The number of rotatable bonds is 2. The molecule has 0 bridgehead atoms. The zero-order valence-corrected chi connectivity index (χ0v) is 9.09. The van der Waals surface area contributed by atoms with Gasteiger partial charge >= 0.3 is 0 Å². The molecule has 0 aliphatic carbocycles. The predicted octanol–water partition coefficient (Wildman–Crippen LogP) is 1.52. The first-order chi connectivity index (χ1) is 7.38. The van der Waals surface area contributed by atoms with Gasteiger partial charge in [-0.25, -0.2) is 0 Å². The molecule has 78 valence electrons. The molecule has 0 aromatic heterocycles. The van der Waals surface area contributed by atoms with Crippen molar-refractivity contribution >= 4 is 11.8 Å². The summed E-state index contributed by atoms with van der Waals surface area (Å²) in [4.78, 5) is 0. The Morgan fingerprint density at radius 1 is 1.33 bits per heavy atom. The van der Waals surface area contributed by atoms with Gasteiger partial charge in [0, 0.05) is 17.1 Å². The molecule has 0 amide bonds. The second-order valence-corrected chi connectivity index (χ2v) is 4.34. The first-order valence-corrected chi connectivity index (χ1v) is 5.98. The molecular weight excluding hydrogens is 208 g/mol. The van der Waals surface area contributed by atoms with Gasteiger partial charge in [-0.15, -0.1) is 0 Å². The van der Waals surface area contributed by atoms with Crippen LogP contribution in [0.15, 0.2) is 24.3 Å². The third-order valence-electron chi connectivity index (χ3n) is 2.08. The standard InChI is InChI=1S/C12H12O2S/c13-7-1-2-10-3-5-11(6-4-10)14-12-8-15-9-12/h3-6,12-13H,7-9H2. The SMILES string of the molecule is OCC#Cc1ccc(OC2CSC2)cc1. The van der Waals surface area contributed by atoms with Crippen molar-refractivity contribution in [1.29, 1.82) is 0 Å². The zero-order chi connectivity index (χ0) is 10.5. The maximum atomic E-state index is 8.54. The maximum Gasteiger partial charge on any atom is 0.119 e. The van der Waals surface area contributed by atoms with Gasteiger partial charge in [0.15, 0.2) is 0 Å². The first kappa shape index (κ1) is 10.4. The Balaban J connectivity index is 1.96. The number of benzene rings is 1. The first-order valence-electron chi connectivity index (χ1n) is 4.82. The molecule has 15 heavy (non-hydrogen) atoms. The van der Waals surface area contributed by atoms with Gasteiger partial charge in [-0.2, -0.15) is 11.8 Å². The number of hydrogen-bond acceptors (Lipinski definition) is 3. The van der Waals surface area contributed by atoms with E-state index in [0.29, 0.717) is 6.10 Å². The van der Waals surface area contributed by atoms with Crippen LogP contribution in [0, 0.1) is 11.8 Å². The number of aliphatic hydroxyl groups is 1. The van der Waals surface area contributed by atoms with Crippen molar-refractivity contribution in [3.63, 3.8) is 0 Å². The fourth-order valence-electron chi connectivity index (χ4n) is 1.23. The van der Waals surface area contributed by atoms with Crippen LogP contribution in [0.2, 0.25) is 0 Å². The minimum Gasteiger partial charge on any atom is -0.489 e. The van der Waals surface area contributed by atoms with E-state index in [1.807, 2.05) is 36.0 Å². The number of aliphatic hydroxyl groups excluding tert-OH is 1. The highest BCUT2D eigenvalue weighted by Crippen LogP contribution is 2.23. The quantitative estimate of drug-likeness (QED) is 0.766. The van der Waals surface area contributed by atoms with E-state index in [9.17, 15) is 0 Å². The van der Waals surface area contributed by atoms with Gasteiger partial charge in [0.05, 0.1) is 0 Å². The predicted molar refractivity (Wildman–Crippen MR) is 62.1 cm³/mol. The van der Waals surface area contributed by atoms with Crippen LogP contribution in [0.4, 0.5) is 0 Å². The van der Waals surface area contributed by atoms with Crippen molar-refractivity contribution in [2.24, 2.45) is 0 Å². The van der Waals surface area contributed by atoms with E-state index in [2.05, 4.69) is 11.8 Å². The van der Waals surface area contributed by atoms with Gasteiger partial charge in [0.2, 0.25) is 0 Å². The summed E-state index contributed by atoms with van der Waals surface area (Å²) in [5, 5.41) is 8.54. The van der Waals surface area contributed by atoms with E-state index in [1.165, 1.54) is 0 Å². The summed E-state index contributed by atoms with van der Waals surface area (Å²) in [6, 6.07) is 7.66. The Morgan fingerprint density at radius 2 is 2.07 bits per heavy atom. The van der Waals surface area contributed by atoms with Crippen LogP contribution in [0.25, 0.3) is 0 Å². The fraction of sp³-hybridized carbons (Fsp3) is 0.333. The number of ether oxygens (including phenoxy) is 1. The van der Waals surface area contributed by atoms with Gasteiger partial charge in [-0.05, 0) is 24.3 Å². The smallest absolute Gasteiger partial charge is 0.119 e. The van der Waals surface area contributed by atoms with Crippen molar-refractivity contribution in [2.75, 3.05) is 18.1 Å². The lowest BCUT2D eigenvalue weighted by atomic mass is 10.2. The minimum absolute atomic E-state index is 0.0997. The molecule has 1 saturated heterocycles. The molecule has 0 saturated carbocycles. The molecule has 1 aliphatic heterocycles. The van der Waals surface area contributed by atoms with Crippen LogP contribution in [0.1, 0.15) is 5.56 Å². The van der Waals surface area contributed by atoms with Gasteiger partial charge in [0.1, 0.15) is 18.5 Å². The Hall–Kier alpha value is -1.11. The molecule has 1 heterocycles. The highest BCUT2D eigenvalue weighted by Gasteiger charge is 2.19. The van der Waals surface area contributed by atoms with Crippen LogP contribution >= 0.6 is 11.8 Å². The largest absolute Gasteiger partial charge is 0.489 e. The molecule has 0 unspecified atom stereocenters. The summed E-state index contributed by atoms with van der Waals surface area (Å²) in [6.45, 7) is -0.0997. The summed E-state index contributed by atoms with van der Waals surface area (Å²) in [5.41, 5.74) is 0.902. The second kappa shape index (κ2) is 5.11. The van der Waals surface area contributed by atoms with Crippen LogP contribution in [-0.4, -0.2) is 29.3 Å². The number of thioether (sulfide) groups is 1. The molecule has 1 aliphatic rings. The molecule has 2 rings (SSSR count). The Labute approximate surface area is 93.6 Å². The van der Waals surface area contributed by atoms with Gasteiger partial charge in [0.25, 0.3) is 0 Å². The normalized spacial score (nSPS) is 15.0. The summed E-state index contributed by atoms with van der Waals surface area (Å²) >= 11 is 1.90. The monoisotopic (exact) mass is 220 g/mol. The molecule has 1 N–H and O–H groups in total. The van der Waals surface area contributed by atoms with Crippen molar-refractivity contribution in [1.82, 2.24) is 0 Å². The van der Waals surface area contributed by atoms with E-state index in [1.54, 1.807) is 0 Å². The van der Waals surface area contributed by atoms with Gasteiger partial charge in [-0.3, -0.25) is 0 Å². The zero-order valence-electron chi connectivity index (χ0n) is 8.27. The van der Waals surface area contributed by atoms with Crippen molar-refractivity contribution in [3.05, 3.63) is 29.8 Å². The van der Waals surface area contributed by atoms with E-state index < -0.39 is 0 Å². The van der Waals surface area contributed by atoms with E-state index in [0.717, 1.165) is 22.8 Å². The second-order valence-electron chi connectivity index (χ2n) is 3.26. The van der Waals surface area contributed by atoms with E-state index in [-0.39, 0.29) is 6.61 Å². The van der Waals surface area contributed by atoms with Gasteiger partial charge in [-0.1, -0.05) is 11.8 Å². The molecule has 0 atom stereocenters. The Morgan fingerprint density at radius 3 is 2.60 bits per heavy atom. The molecule has 1 fully saturated rings. The van der Waals surface area contributed by atoms with E-state index >= 15 is 0 Å². The van der Waals surface area contributed by atoms with Crippen molar-refractivity contribution in [3.8, 4) is 17.6 Å². The molecule has 1 aromatic carbocycles. The lowest BCUT2D eigenvalue weighted by molar-refractivity contribution is 0.240. The Bertz CT molecular complexity index is 371. The fourth-order valence-corrected chi connectivity index (χ4v) is 1.80. The topological polar surface area (TPSA) is 29.5 Å². The van der Waals surface area contributed by atoms with Crippen LogP contribution < -0.4 is 4.74 Å². The Kier molecular flexibility index (Phi) is 3.54. The molecular formula is C12H12O2S. The minimum atomic E-state index is -0.0997. The van der Waals surface area contributed by atoms with Crippen molar-refractivity contribution in [2.45, 2.75) is 6.10 Å². The van der Waals surface area contributed by atoms with Crippen LogP contribution in [0.3, 0.4) is 0 Å². The van der Waals surface area contributed by atoms with Crippen molar-refractivity contribution < 1.29 is 9.84 Å².